The van der Waals surface area contributed by atoms with Crippen molar-refractivity contribution in [1.29, 1.82) is 5.41 Å². The van der Waals surface area contributed by atoms with Crippen molar-refractivity contribution in [3.05, 3.63) is 90.1 Å². The molecule has 15 atom stereocenters. The third-order valence-corrected chi connectivity index (χ3v) is 23.8. The van der Waals surface area contributed by atoms with Gasteiger partial charge in [0, 0.05) is 120 Å². The topological polar surface area (TPSA) is 860 Å². The number of para-hydroxylation sites is 1. The molecule has 19 amide bonds. The summed E-state index contributed by atoms with van der Waals surface area (Å²) >= 11 is 0. The lowest BCUT2D eigenvalue weighted by Gasteiger charge is -2.31. The highest BCUT2D eigenvalue weighted by Crippen LogP contribution is 2.24. The molecular weight excluding hydrogens is 1970 g/mol. The van der Waals surface area contributed by atoms with Crippen molar-refractivity contribution in [3.63, 3.8) is 0 Å². The second kappa shape index (κ2) is 67.6. The predicted molar refractivity (Wildman–Crippen MR) is 534 cm³/mol. The molecule has 0 bridgehead atoms. The molecule has 2 aromatic heterocycles. The number of unbranched alkanes of at least 4 members (excludes halogenated alkanes) is 1. The van der Waals surface area contributed by atoms with Crippen LogP contribution in [-0.2, 0) is 134 Å². The summed E-state index contributed by atoms with van der Waals surface area (Å²) in [6, 6.07) is -6.65. The number of aliphatic hydroxyl groups is 4. The first-order valence-electron chi connectivity index (χ1n) is 49.4. The number of aromatic amines is 2. The van der Waals surface area contributed by atoms with Crippen LogP contribution in [0.25, 0.3) is 10.9 Å². The van der Waals surface area contributed by atoms with Crippen LogP contribution < -0.4 is 114 Å². The van der Waals surface area contributed by atoms with Gasteiger partial charge in [0.25, 0.3) is 0 Å². The highest BCUT2D eigenvalue weighted by atomic mass is 16.5. The number of nitrogens with zero attached hydrogens (tertiary/aromatic N) is 4. The lowest BCUT2D eigenvalue weighted by atomic mass is 10.00. The first-order valence-corrected chi connectivity index (χ1v) is 49.4. The standard InChI is InChI=1S/C94H146N28O28/c1-4-5-17-63(82(135)113-66-22-24-76(129)102-26-12-11-19-62(81(98)134)110-87(140)69(39-57-43-105-61-18-10-9-16-60(57)61)115-83(136)64(20-13-27-104-94(99)100)111-85(138)67(37-55-14-7-6-8-15-55)116-91(144)74-41-59(127)46-122(74)93(66)146)108-78(131)47-121(30-29-120(2)3)92(145)70(40-58-44-101-54-107-58)117-84(137)65(21-23-75(97)128)112-89(142)72(50-125)119-90(143)73(51-126)118-86(139)68(38-56(42-96)48-123)114-88(141)71(49-124)109-77(130)45-106-80(133)53-150-36-34-148-32-28-103-79(132)52-149-35-33-147-31-25-95/h6-10,14-16,18,43-44,48,54,56,59,62-74,105,124-127H,4-5,11-13,17,19-42,45-47,49-53,95-96H2,1-3H3,(H2,97,128)(H2,98,134)(H,101,107)(H,102,129)(H,103,132)(H,106,133)(H,108,131)(H,109,130)(H,110,140)(H,111,138)(H,112,142)(H,113,135)(H,114,141)(H,115,136)(H,116,144)(H,117,137)(H,118,139)(H,119,143)(H4,99,100,104)/t56?,59-,62+,63+,64+,65+,66+,67-,68+,69+,70+,71?,72+,73+,74+/m1/s1. The maximum absolute atomic E-state index is 15.5. The van der Waals surface area contributed by atoms with E-state index in [1.165, 1.54) is 12.5 Å². The van der Waals surface area contributed by atoms with Gasteiger partial charge in [-0.1, -0.05) is 68.3 Å². The zero-order valence-electron chi connectivity index (χ0n) is 84.3. The summed E-state index contributed by atoms with van der Waals surface area (Å²) < 4.78 is 20.9. The number of imidazole rings is 1. The number of benzene rings is 2. The Balaban J connectivity index is 1.19. The van der Waals surface area contributed by atoms with Crippen LogP contribution in [0.5, 0.6) is 0 Å². The van der Waals surface area contributed by atoms with E-state index in [0.29, 0.717) is 47.9 Å². The van der Waals surface area contributed by atoms with Crippen LogP contribution in [0.4, 0.5) is 0 Å². The first-order chi connectivity index (χ1) is 71.8. The van der Waals surface area contributed by atoms with Crippen LogP contribution in [-0.4, -0.2) is 411 Å². The number of aliphatic hydroxyl groups excluding tert-OH is 4. The minimum absolute atomic E-state index is 0.00995. The predicted octanol–water partition coefficient (Wildman–Crippen LogP) is -12.2. The van der Waals surface area contributed by atoms with Crippen molar-refractivity contribution in [2.24, 2.45) is 34.6 Å². The number of nitrogens with one attached hydrogen (secondary N) is 19. The van der Waals surface area contributed by atoms with Crippen LogP contribution >= 0.6 is 0 Å². The Kier molecular flexibility index (Phi) is 56.0. The van der Waals surface area contributed by atoms with Gasteiger partial charge in [-0.2, -0.15) is 0 Å². The Morgan fingerprint density at radius 2 is 1.18 bits per heavy atom. The van der Waals surface area contributed by atoms with Gasteiger partial charge in [-0.3, -0.25) is 96.5 Å². The molecule has 2 unspecified atom stereocenters. The average molecular weight is 2120 g/mol. The van der Waals surface area contributed by atoms with E-state index in [0.717, 1.165) is 9.80 Å². The van der Waals surface area contributed by atoms with E-state index in [1.54, 1.807) is 86.7 Å². The van der Waals surface area contributed by atoms with Crippen LogP contribution in [0.15, 0.2) is 73.3 Å². The summed E-state index contributed by atoms with van der Waals surface area (Å²) in [5.74, 6) is -20.6. The molecule has 56 heteroatoms. The minimum atomic E-state index is -2.08. The normalized spacial score (nSPS) is 18.7. The number of hydrogen-bond donors (Lipinski definition) is 28. The largest absolute Gasteiger partial charge is 0.394 e. The quantitative estimate of drug-likeness (QED) is 0.00845. The van der Waals surface area contributed by atoms with E-state index in [-0.39, 0.29) is 136 Å². The molecule has 6 rings (SSSR count). The van der Waals surface area contributed by atoms with Crippen molar-refractivity contribution in [1.82, 2.24) is 115 Å². The van der Waals surface area contributed by atoms with E-state index in [9.17, 15) is 92.3 Å². The zero-order valence-corrected chi connectivity index (χ0v) is 84.3. The summed E-state index contributed by atoms with van der Waals surface area (Å²) in [7, 11) is 3.26. The van der Waals surface area contributed by atoms with Gasteiger partial charge in [0.1, 0.15) is 98.0 Å². The van der Waals surface area contributed by atoms with Crippen molar-refractivity contribution in [2.45, 2.75) is 201 Å². The van der Waals surface area contributed by atoms with Crippen LogP contribution in [0.3, 0.4) is 0 Å². The molecule has 4 heterocycles. The molecule has 830 valence electrons. The highest BCUT2D eigenvalue weighted by molar-refractivity contribution is 6.02. The summed E-state index contributed by atoms with van der Waals surface area (Å²) in [5.41, 5.74) is 30.0. The number of ether oxygens (including phenoxy) is 4. The number of primary amides is 2. The third kappa shape index (κ3) is 45.0. The van der Waals surface area contributed by atoms with Crippen molar-refractivity contribution >= 4 is 135 Å². The number of fused-ring (bicyclic) bond motifs is 2. The van der Waals surface area contributed by atoms with Gasteiger partial charge < -0.3 is 183 Å². The van der Waals surface area contributed by atoms with Gasteiger partial charge in [-0.15, -0.1) is 0 Å². The second-order valence-corrected chi connectivity index (χ2v) is 35.9. The molecule has 2 aliphatic heterocycles. The maximum Gasteiger partial charge on any atom is 0.246 e. The smallest absolute Gasteiger partial charge is 0.246 e. The molecule has 4 aromatic rings. The molecular formula is C94H146N28O28. The Bertz CT molecular complexity index is 5080. The molecule has 0 aliphatic carbocycles. The first kappa shape index (κ1) is 124. The summed E-state index contributed by atoms with van der Waals surface area (Å²) in [5, 5.41) is 91.2. The molecule has 2 fully saturated rings. The lowest BCUT2D eigenvalue weighted by molar-refractivity contribution is -0.143. The summed E-state index contributed by atoms with van der Waals surface area (Å²) in [6.45, 7) is -4.16. The van der Waals surface area contributed by atoms with E-state index >= 15 is 24.0 Å². The lowest BCUT2D eigenvalue weighted by Crippen LogP contribution is -2.61. The van der Waals surface area contributed by atoms with Gasteiger partial charge in [-0.25, -0.2) is 4.98 Å². The maximum atomic E-state index is 15.5. The third-order valence-electron chi connectivity index (χ3n) is 23.8. The number of aldehydes is 1. The van der Waals surface area contributed by atoms with Crippen LogP contribution in [0.2, 0.25) is 0 Å². The molecule has 150 heavy (non-hydrogen) atoms. The molecule has 2 aromatic carbocycles. The average Bonchev–Trinajstić information content (AvgIpc) is 1.66. The van der Waals surface area contributed by atoms with Gasteiger partial charge in [-0.05, 0) is 89.1 Å². The van der Waals surface area contributed by atoms with E-state index in [1.807, 2.05) is 0 Å². The summed E-state index contributed by atoms with van der Waals surface area (Å²) in [6.07, 6.45) is -0.257. The number of guanidine groups is 1. The van der Waals surface area contributed by atoms with Crippen molar-refractivity contribution in [2.75, 3.05) is 152 Å². The monoisotopic (exact) mass is 2120 g/mol. The molecule has 2 saturated heterocycles. The minimum Gasteiger partial charge on any atom is -0.394 e. The molecule has 2 aliphatic rings. The van der Waals surface area contributed by atoms with Gasteiger partial charge in [0.05, 0.1) is 90.7 Å². The van der Waals surface area contributed by atoms with Crippen LogP contribution in [0.1, 0.15) is 114 Å². The molecule has 0 saturated carbocycles. The number of amides is 19. The number of H-pyrrole nitrogens is 2. The van der Waals surface area contributed by atoms with Gasteiger partial charge in [0.2, 0.25) is 112 Å². The van der Waals surface area contributed by atoms with Crippen LogP contribution in [0, 0.1) is 11.3 Å². The fraction of sp³-hybridized carbons (Fsp3) is 0.596. The summed E-state index contributed by atoms with van der Waals surface area (Å²) in [4.78, 5) is 294. The number of carbonyl (C=O) groups excluding carboxylic acids is 20. The Hall–Kier alpha value is -14.4. The second-order valence-electron chi connectivity index (χ2n) is 35.9. The van der Waals surface area contributed by atoms with E-state index < -0.39 is 306 Å². The van der Waals surface area contributed by atoms with Crippen molar-refractivity contribution in [3.8, 4) is 0 Å². The molecule has 56 nitrogen and oxygen atoms in total. The van der Waals surface area contributed by atoms with Gasteiger partial charge in [0.15, 0.2) is 5.96 Å². The molecule has 0 radical (unpaired) electrons. The number of likely N-dealkylation sites (N-methyl/N-ethyl adjacent to an activating group) is 1. The fourth-order valence-electron chi connectivity index (χ4n) is 15.7. The van der Waals surface area contributed by atoms with E-state index in [2.05, 4.69) is 100 Å². The van der Waals surface area contributed by atoms with E-state index in [4.69, 9.17) is 53.0 Å². The highest BCUT2D eigenvalue weighted by Gasteiger charge is 2.45. The Morgan fingerprint density at radius 3 is 1.81 bits per heavy atom. The number of aromatic nitrogens is 3. The van der Waals surface area contributed by atoms with Crippen molar-refractivity contribution < 1.29 is 135 Å². The number of hydrogen-bond acceptors (Lipinski definition) is 33. The molecule has 33 N–H and O–H groups in total. The van der Waals surface area contributed by atoms with Gasteiger partial charge >= 0.3 is 0 Å². The number of nitrogens with two attached hydrogens (primary N) is 5. The number of carbonyl (C=O) groups is 20. The number of rotatable bonds is 61. The Labute approximate surface area is 864 Å². The zero-order chi connectivity index (χ0) is 110. The Morgan fingerprint density at radius 1 is 0.600 bits per heavy atom. The molecule has 0 spiro atoms. The fourth-order valence-corrected chi connectivity index (χ4v) is 15.7. The SMILES string of the molecule is CCCC[C@H](NC(=O)CN(CCN(C)C)C(=O)[C@H](Cc1c[nH]cn1)NC(=O)[C@H](CCC(N)=O)NC(=O)[C@H](CO)NC(=O)[C@H](CO)NC(=O)[C@H](CC(C=O)CN)NC(=O)C(CO)NC(=O)CNC(=O)COCCOCCNC(=O)COCCOCCN)C(=O)N[C@H]1CCC(=O)NCCCC[C@@H](C(N)=O)NC(=O)[C@H](Cc2c[nH]c3ccccc23)NC(=O)[C@H](CCCNC(=N)N)NC(=O)[C@@H](Cc2ccccc2)NC(=O)[C@@H]2C[C@@H](O)CN2C1=O.